The highest BCUT2D eigenvalue weighted by molar-refractivity contribution is 7.89. The number of aromatic nitrogens is 3. The van der Waals surface area contributed by atoms with E-state index in [9.17, 15) is 21.6 Å². The van der Waals surface area contributed by atoms with Crippen molar-refractivity contribution in [1.82, 2.24) is 19.3 Å². The number of aromatic amines is 1. The fourth-order valence-corrected chi connectivity index (χ4v) is 4.89. The summed E-state index contributed by atoms with van der Waals surface area (Å²) in [4.78, 5) is 13.3. The van der Waals surface area contributed by atoms with Crippen LogP contribution in [0, 0.1) is 0 Å². The molecule has 0 amide bonds. The van der Waals surface area contributed by atoms with Crippen LogP contribution in [0.3, 0.4) is 0 Å². The number of hydrogen-bond donors (Lipinski definition) is 1. The average Bonchev–Trinajstić information content (AvgIpc) is 3.22. The normalized spacial score (nSPS) is 17.7. The molecule has 11 heteroatoms. The van der Waals surface area contributed by atoms with Gasteiger partial charge < -0.3 is 9.88 Å². The Balaban J connectivity index is 1.73. The van der Waals surface area contributed by atoms with Gasteiger partial charge in [0.2, 0.25) is 0 Å². The first kappa shape index (κ1) is 22.3. The number of pyridine rings is 1. The quantitative estimate of drug-likeness (QED) is 0.603. The minimum atomic E-state index is -5.50. The highest BCUT2D eigenvalue weighted by atomic mass is 32.2. The van der Waals surface area contributed by atoms with E-state index in [-0.39, 0.29) is 13.1 Å². The number of halogens is 3. The fraction of sp³-hybridized carbons (Fsp3) is 0.333. The van der Waals surface area contributed by atoms with Gasteiger partial charge in [-0.15, -0.1) is 0 Å². The van der Waals surface area contributed by atoms with E-state index < -0.39 is 21.6 Å². The van der Waals surface area contributed by atoms with Gasteiger partial charge in [-0.3, -0.25) is 4.98 Å². The third-order valence-electron chi connectivity index (χ3n) is 5.49. The lowest BCUT2D eigenvalue weighted by atomic mass is 10.1. The molecule has 1 aromatic carbocycles. The number of fused-ring (bicyclic) bond motifs is 1. The van der Waals surface area contributed by atoms with Crippen molar-refractivity contribution in [3.63, 3.8) is 0 Å². The zero-order valence-corrected chi connectivity index (χ0v) is 17.9. The summed E-state index contributed by atoms with van der Waals surface area (Å²) >= 11 is 0. The molecule has 0 radical (unpaired) electrons. The van der Waals surface area contributed by atoms with Crippen LogP contribution in [0.5, 0.6) is 0 Å². The summed E-state index contributed by atoms with van der Waals surface area (Å²) < 4.78 is 65.6. The van der Waals surface area contributed by atoms with Crippen LogP contribution in [0.15, 0.2) is 61.2 Å². The highest BCUT2D eigenvalue weighted by Gasteiger charge is 2.51. The Hall–Kier alpha value is -2.92. The molecule has 1 N–H and O–H groups in total. The van der Waals surface area contributed by atoms with Crippen LogP contribution in [0.2, 0.25) is 0 Å². The van der Waals surface area contributed by atoms with E-state index in [1.54, 1.807) is 36.7 Å². The van der Waals surface area contributed by atoms with E-state index in [0.29, 0.717) is 34.9 Å². The number of anilines is 1. The number of para-hydroxylation sites is 1. The first-order valence-electron chi connectivity index (χ1n) is 10.0. The molecule has 2 aromatic heterocycles. The zero-order valence-electron chi connectivity index (χ0n) is 17.0. The van der Waals surface area contributed by atoms with Crippen molar-refractivity contribution in [2.24, 2.45) is 0 Å². The molecule has 0 aliphatic carbocycles. The van der Waals surface area contributed by atoms with Gasteiger partial charge in [0.1, 0.15) is 0 Å². The number of sulfonamides is 1. The Kier molecular flexibility index (Phi) is 6.20. The fourth-order valence-electron chi connectivity index (χ4n) is 3.92. The molecule has 0 spiro atoms. The molecule has 32 heavy (non-hydrogen) atoms. The Morgan fingerprint density at radius 2 is 1.91 bits per heavy atom. The highest BCUT2D eigenvalue weighted by Crippen LogP contribution is 2.35. The van der Waals surface area contributed by atoms with Crippen LogP contribution < -0.4 is 4.90 Å². The Morgan fingerprint density at radius 3 is 2.59 bits per heavy atom. The summed E-state index contributed by atoms with van der Waals surface area (Å²) in [5.41, 5.74) is -2.59. The third-order valence-corrected chi connectivity index (χ3v) is 7.03. The molecule has 170 valence electrons. The van der Waals surface area contributed by atoms with Crippen LogP contribution in [0.25, 0.3) is 0 Å². The molecule has 1 aliphatic rings. The minimum Gasteiger partial charge on any atom is -0.361 e. The SMILES string of the molecule is O=S(=O)(N1Cc2ccccc2N(Cc2cnc[nH]2)[C@H](CCc2ccccn2)C1)C(F)(F)F. The number of nitrogens with zero attached hydrogens (tertiary/aromatic N) is 4. The molecule has 0 saturated heterocycles. The minimum absolute atomic E-state index is 0.294. The van der Waals surface area contributed by atoms with Gasteiger partial charge >= 0.3 is 15.5 Å². The van der Waals surface area contributed by atoms with E-state index in [0.717, 1.165) is 11.4 Å². The van der Waals surface area contributed by atoms with Gasteiger partial charge in [0.05, 0.1) is 18.6 Å². The first-order chi connectivity index (χ1) is 15.3. The first-order valence-corrected chi connectivity index (χ1v) is 11.5. The summed E-state index contributed by atoms with van der Waals surface area (Å²) in [5.74, 6) is 0. The predicted octanol–water partition coefficient (Wildman–Crippen LogP) is 3.48. The number of nitrogens with one attached hydrogen (secondary N) is 1. The van der Waals surface area contributed by atoms with Crippen LogP contribution >= 0.6 is 0 Å². The maximum atomic E-state index is 13.4. The maximum absolute atomic E-state index is 13.4. The molecule has 0 fully saturated rings. The number of benzene rings is 1. The van der Waals surface area contributed by atoms with Crippen LogP contribution in [0.1, 0.15) is 23.4 Å². The van der Waals surface area contributed by atoms with Crippen LogP contribution in [-0.2, 0) is 29.5 Å². The van der Waals surface area contributed by atoms with Crippen LogP contribution in [0.4, 0.5) is 18.9 Å². The standard InChI is InChI=1S/C21H22F3N5O2S/c22-21(23,24)32(30,31)28-12-16-5-1-2-7-20(16)29(13-18-11-25-15-27-18)19(14-28)9-8-17-6-3-4-10-26-17/h1-7,10-11,15,19H,8-9,12-14H2,(H,25,27)/t19-/m1/s1. The van der Waals surface area contributed by atoms with Crippen molar-refractivity contribution in [2.75, 3.05) is 11.4 Å². The van der Waals surface area contributed by atoms with Crippen molar-refractivity contribution >= 4 is 15.7 Å². The number of rotatable bonds is 6. The summed E-state index contributed by atoms with van der Waals surface area (Å²) in [6.07, 6.45) is 5.74. The molecule has 1 aliphatic heterocycles. The van der Waals surface area contributed by atoms with E-state index >= 15 is 0 Å². The number of alkyl halides is 3. The van der Waals surface area contributed by atoms with Gasteiger partial charge in [-0.25, -0.2) is 13.4 Å². The van der Waals surface area contributed by atoms with E-state index in [2.05, 4.69) is 15.0 Å². The van der Waals surface area contributed by atoms with Gasteiger partial charge in [0.15, 0.2) is 0 Å². The number of H-pyrrole nitrogens is 1. The topological polar surface area (TPSA) is 82.2 Å². The Morgan fingerprint density at radius 1 is 1.12 bits per heavy atom. The maximum Gasteiger partial charge on any atom is 0.511 e. The molecule has 0 saturated carbocycles. The molecule has 3 heterocycles. The van der Waals surface area contributed by atoms with Crippen molar-refractivity contribution in [3.8, 4) is 0 Å². The summed E-state index contributed by atoms with van der Waals surface area (Å²) in [6, 6.07) is 11.9. The zero-order chi connectivity index (χ0) is 22.8. The van der Waals surface area contributed by atoms with Crippen LogP contribution in [-0.4, -0.2) is 45.8 Å². The predicted molar refractivity (Wildman–Crippen MR) is 113 cm³/mol. The summed E-state index contributed by atoms with van der Waals surface area (Å²) in [7, 11) is -5.50. The largest absolute Gasteiger partial charge is 0.511 e. The van der Waals surface area contributed by atoms with Crippen molar-refractivity contribution in [2.45, 2.75) is 37.5 Å². The van der Waals surface area contributed by atoms with E-state index in [4.69, 9.17) is 0 Å². The molecular formula is C21H22F3N5O2S. The lowest BCUT2D eigenvalue weighted by Crippen LogP contribution is -2.47. The lowest BCUT2D eigenvalue weighted by Gasteiger charge is -2.34. The second kappa shape index (κ2) is 8.91. The number of aryl methyl sites for hydroxylation is 1. The van der Waals surface area contributed by atoms with E-state index in [1.165, 1.54) is 6.33 Å². The molecule has 3 aromatic rings. The van der Waals surface area contributed by atoms with Gasteiger partial charge in [-0.05, 0) is 36.6 Å². The molecular weight excluding hydrogens is 443 g/mol. The van der Waals surface area contributed by atoms with Gasteiger partial charge in [0, 0.05) is 42.9 Å². The average molecular weight is 466 g/mol. The monoisotopic (exact) mass is 465 g/mol. The number of imidazole rings is 1. The lowest BCUT2D eigenvalue weighted by molar-refractivity contribution is -0.0492. The van der Waals surface area contributed by atoms with Crippen molar-refractivity contribution in [3.05, 3.63) is 78.1 Å². The van der Waals surface area contributed by atoms with Gasteiger partial charge in [0.25, 0.3) is 0 Å². The van der Waals surface area contributed by atoms with Gasteiger partial charge in [-0.2, -0.15) is 17.5 Å². The molecule has 7 nitrogen and oxygen atoms in total. The molecule has 0 bridgehead atoms. The smallest absolute Gasteiger partial charge is 0.361 e. The Bertz CT molecular complexity index is 1140. The summed E-state index contributed by atoms with van der Waals surface area (Å²) in [5, 5.41) is 0. The number of hydrogen-bond acceptors (Lipinski definition) is 5. The molecule has 4 rings (SSSR count). The van der Waals surface area contributed by atoms with Crippen molar-refractivity contribution < 1.29 is 21.6 Å². The second-order valence-electron chi connectivity index (χ2n) is 7.59. The molecule has 1 atom stereocenters. The van der Waals surface area contributed by atoms with E-state index in [1.807, 2.05) is 23.1 Å². The van der Waals surface area contributed by atoms with Gasteiger partial charge in [-0.1, -0.05) is 24.3 Å². The third kappa shape index (κ3) is 4.63. The molecule has 0 unspecified atom stereocenters. The Labute approximate surface area is 184 Å². The van der Waals surface area contributed by atoms with Crippen molar-refractivity contribution in [1.29, 1.82) is 0 Å². The second-order valence-corrected chi connectivity index (χ2v) is 9.52. The summed E-state index contributed by atoms with van der Waals surface area (Å²) in [6.45, 7) is -0.293.